The third kappa shape index (κ3) is 4.31. The van der Waals surface area contributed by atoms with E-state index in [9.17, 15) is 8.42 Å². The Labute approximate surface area is 197 Å². The van der Waals surface area contributed by atoms with Crippen molar-refractivity contribution in [3.8, 4) is 0 Å². The van der Waals surface area contributed by atoms with Crippen LogP contribution in [0.3, 0.4) is 0 Å². The second kappa shape index (κ2) is 9.09. The molecule has 1 fully saturated rings. The molecule has 1 aliphatic heterocycles. The van der Waals surface area contributed by atoms with Crippen LogP contribution in [0, 0.1) is 0 Å². The first-order valence-corrected chi connectivity index (χ1v) is 12.6. The number of nitrogens with zero attached hydrogens (tertiary/aromatic N) is 3. The first-order chi connectivity index (χ1) is 16.0. The van der Waals surface area contributed by atoms with Crippen molar-refractivity contribution in [1.82, 2.24) is 13.9 Å². The zero-order valence-corrected chi connectivity index (χ0v) is 19.3. The van der Waals surface area contributed by atoms with Crippen molar-refractivity contribution in [2.75, 3.05) is 0 Å². The van der Waals surface area contributed by atoms with Crippen molar-refractivity contribution < 1.29 is 13.2 Å². The third-order valence-corrected chi connectivity index (χ3v) is 7.80. The van der Waals surface area contributed by atoms with E-state index in [4.69, 9.17) is 16.3 Å². The number of benzene rings is 2. The number of rotatable bonds is 5. The van der Waals surface area contributed by atoms with Gasteiger partial charge >= 0.3 is 0 Å². The minimum Gasteiger partial charge on any atom is -0.366 e. The topological polar surface area (TPSA) is 74.1 Å². The molecule has 33 heavy (non-hydrogen) atoms. The smallest absolute Gasteiger partial charge is 0.269 e. The van der Waals surface area contributed by atoms with Crippen molar-refractivity contribution in [2.45, 2.75) is 36.4 Å². The second-order valence-corrected chi connectivity index (χ2v) is 10.1. The zero-order chi connectivity index (χ0) is 22.8. The molecule has 0 bridgehead atoms. The van der Waals surface area contributed by atoms with Crippen LogP contribution < -0.4 is 0 Å². The lowest BCUT2D eigenvalue weighted by Gasteiger charge is -2.28. The summed E-state index contributed by atoms with van der Waals surface area (Å²) >= 11 is 6.27. The van der Waals surface area contributed by atoms with E-state index in [1.807, 2.05) is 24.3 Å². The van der Waals surface area contributed by atoms with Gasteiger partial charge in [0.05, 0.1) is 28.2 Å². The van der Waals surface area contributed by atoms with E-state index < -0.39 is 10.0 Å². The van der Waals surface area contributed by atoms with Crippen molar-refractivity contribution in [3.05, 3.63) is 95.5 Å². The molecule has 8 heteroatoms. The highest BCUT2D eigenvalue weighted by Crippen LogP contribution is 2.33. The summed E-state index contributed by atoms with van der Waals surface area (Å²) in [5.74, 6) is 0. The Morgan fingerprint density at radius 2 is 1.73 bits per heavy atom. The van der Waals surface area contributed by atoms with Crippen molar-refractivity contribution in [1.29, 1.82) is 0 Å². The van der Waals surface area contributed by atoms with E-state index >= 15 is 0 Å². The zero-order valence-electron chi connectivity index (χ0n) is 17.7. The Kier molecular flexibility index (Phi) is 6.01. The molecule has 0 N–H and O–H groups in total. The van der Waals surface area contributed by atoms with Crippen LogP contribution in [0.5, 0.6) is 0 Å². The fourth-order valence-corrected chi connectivity index (χ4v) is 5.82. The van der Waals surface area contributed by atoms with Crippen molar-refractivity contribution >= 4 is 38.7 Å². The molecular weight excluding hydrogens is 458 g/mol. The molecule has 168 valence electrons. The summed E-state index contributed by atoms with van der Waals surface area (Å²) in [7, 11) is -3.90. The highest BCUT2D eigenvalue weighted by Gasteiger charge is 2.25. The third-order valence-electron chi connectivity index (χ3n) is 5.76. The number of halogens is 1. The Morgan fingerprint density at radius 1 is 1.00 bits per heavy atom. The van der Waals surface area contributed by atoms with Crippen LogP contribution in [0.2, 0.25) is 5.15 Å². The average Bonchev–Trinajstić information content (AvgIpc) is 3.25. The molecule has 2 atom stereocenters. The summed E-state index contributed by atoms with van der Waals surface area (Å²) in [6.07, 6.45) is 7.71. The predicted molar refractivity (Wildman–Crippen MR) is 129 cm³/mol. The Balaban J connectivity index is 1.53. The van der Waals surface area contributed by atoms with Gasteiger partial charge in [0, 0.05) is 0 Å². The summed E-state index contributed by atoms with van der Waals surface area (Å²) in [6.45, 7) is 0. The van der Waals surface area contributed by atoms with Crippen LogP contribution in [0.1, 0.15) is 36.6 Å². The lowest BCUT2D eigenvalue weighted by Crippen LogP contribution is -2.20. The van der Waals surface area contributed by atoms with Gasteiger partial charge in [0.2, 0.25) is 0 Å². The molecule has 2 aromatic heterocycles. The second-order valence-electron chi connectivity index (χ2n) is 7.92. The molecule has 1 aliphatic rings. The first-order valence-electron chi connectivity index (χ1n) is 10.8. The Bertz CT molecular complexity index is 1400. The largest absolute Gasteiger partial charge is 0.366 e. The fraction of sp³-hybridized carbons (Fsp3) is 0.200. The van der Waals surface area contributed by atoms with Gasteiger partial charge in [-0.05, 0) is 49.1 Å². The molecule has 5 rings (SSSR count). The highest BCUT2D eigenvalue weighted by molar-refractivity contribution is 7.90. The monoisotopic (exact) mass is 479 g/mol. The maximum absolute atomic E-state index is 13.5. The van der Waals surface area contributed by atoms with Gasteiger partial charge in [0.25, 0.3) is 10.0 Å². The number of fused-ring (bicyclic) bond motifs is 1. The summed E-state index contributed by atoms with van der Waals surface area (Å²) < 4.78 is 34.6. The molecule has 0 radical (unpaired) electrons. The van der Waals surface area contributed by atoms with E-state index in [-0.39, 0.29) is 27.9 Å². The summed E-state index contributed by atoms with van der Waals surface area (Å²) in [5.41, 5.74) is 1.84. The van der Waals surface area contributed by atoms with Gasteiger partial charge in [-0.3, -0.25) is 0 Å². The minimum atomic E-state index is -3.90. The van der Waals surface area contributed by atoms with Gasteiger partial charge in [-0.1, -0.05) is 66.2 Å². The first kappa shape index (κ1) is 21.8. The van der Waals surface area contributed by atoms with Gasteiger partial charge in [-0.2, -0.15) is 0 Å². The molecule has 2 aromatic carbocycles. The molecular formula is C25H22ClN3O3S. The normalized spacial score (nSPS) is 19.3. The van der Waals surface area contributed by atoms with Crippen LogP contribution in [0.15, 0.2) is 84.0 Å². The van der Waals surface area contributed by atoms with Crippen LogP contribution in [0.4, 0.5) is 0 Å². The van der Waals surface area contributed by atoms with E-state index in [1.54, 1.807) is 42.5 Å². The van der Waals surface area contributed by atoms with Gasteiger partial charge < -0.3 is 4.74 Å². The molecule has 4 aromatic rings. The summed E-state index contributed by atoms with van der Waals surface area (Å²) in [5, 5.41) is 0.680. The minimum absolute atomic E-state index is 0.0221. The van der Waals surface area contributed by atoms with Crippen LogP contribution >= 0.6 is 11.6 Å². The Hall–Kier alpha value is -3.00. The molecule has 0 amide bonds. The standard InChI is InChI=1S/C25H22ClN3O3S/c26-24-22-16-19(14-15-20-10-7-13-23(32-20)18-8-3-1-4-9-18)29(25(22)28-17-27-24)33(30,31)21-11-5-2-6-12-21/h1-6,8-9,11-12,14-17,20,23H,7,10,13H2/b15-14+/t20-,23+/m1/s1. The highest BCUT2D eigenvalue weighted by atomic mass is 35.5. The molecule has 0 unspecified atom stereocenters. The van der Waals surface area contributed by atoms with Gasteiger partial charge in [0.1, 0.15) is 11.5 Å². The van der Waals surface area contributed by atoms with Gasteiger partial charge in [-0.25, -0.2) is 22.4 Å². The van der Waals surface area contributed by atoms with E-state index in [0.29, 0.717) is 11.1 Å². The maximum Gasteiger partial charge on any atom is 0.269 e. The van der Waals surface area contributed by atoms with E-state index in [1.165, 1.54) is 10.3 Å². The number of ether oxygens (including phenoxy) is 1. The quantitative estimate of drug-likeness (QED) is 0.346. The molecule has 1 saturated heterocycles. The number of hydrogen-bond acceptors (Lipinski definition) is 5. The summed E-state index contributed by atoms with van der Waals surface area (Å²) in [6, 6.07) is 20.1. The lowest BCUT2D eigenvalue weighted by atomic mass is 9.98. The Morgan fingerprint density at radius 3 is 2.48 bits per heavy atom. The number of hydrogen-bond donors (Lipinski definition) is 0. The molecule has 3 heterocycles. The van der Waals surface area contributed by atoms with Gasteiger partial charge in [0.15, 0.2) is 5.65 Å². The fourth-order valence-electron chi connectivity index (χ4n) is 4.16. The lowest BCUT2D eigenvalue weighted by molar-refractivity contribution is -0.0263. The SMILES string of the molecule is O=S(=O)(c1ccccc1)n1c(/C=C/[C@H]2CCC[C@@H](c3ccccc3)O2)cc2c(Cl)ncnc21. The number of aromatic nitrogens is 3. The average molecular weight is 480 g/mol. The van der Waals surface area contributed by atoms with Gasteiger partial charge in [-0.15, -0.1) is 0 Å². The molecule has 0 spiro atoms. The van der Waals surface area contributed by atoms with Crippen molar-refractivity contribution in [2.24, 2.45) is 0 Å². The molecule has 0 aliphatic carbocycles. The van der Waals surface area contributed by atoms with Crippen LogP contribution in [-0.4, -0.2) is 28.5 Å². The predicted octanol–water partition coefficient (Wildman–Crippen LogP) is 5.65. The van der Waals surface area contributed by atoms with Crippen LogP contribution in [-0.2, 0) is 14.8 Å². The van der Waals surface area contributed by atoms with Crippen LogP contribution in [0.25, 0.3) is 17.1 Å². The molecule has 0 saturated carbocycles. The van der Waals surface area contributed by atoms with E-state index in [0.717, 1.165) is 24.8 Å². The van der Waals surface area contributed by atoms with Crippen molar-refractivity contribution in [3.63, 3.8) is 0 Å². The maximum atomic E-state index is 13.5. The summed E-state index contributed by atoms with van der Waals surface area (Å²) in [4.78, 5) is 8.40. The molecule has 6 nitrogen and oxygen atoms in total. The van der Waals surface area contributed by atoms with E-state index in [2.05, 4.69) is 22.1 Å².